The van der Waals surface area contributed by atoms with Crippen LogP contribution in [0.5, 0.6) is 0 Å². The lowest BCUT2D eigenvalue weighted by Gasteiger charge is -2.08. The predicted octanol–water partition coefficient (Wildman–Crippen LogP) is 4.75. The molecule has 0 amide bonds. The van der Waals surface area contributed by atoms with Gasteiger partial charge in [-0.05, 0) is 37.3 Å². The summed E-state index contributed by atoms with van der Waals surface area (Å²) in [7, 11) is 0. The smallest absolute Gasteiger partial charge is 0.0998 e. The van der Waals surface area contributed by atoms with Gasteiger partial charge in [0.05, 0.1) is 11.6 Å². The molecule has 0 aliphatic carbocycles. The Labute approximate surface area is 114 Å². The molecule has 17 heavy (non-hydrogen) atoms. The average molecular weight is 306 g/mol. The minimum absolute atomic E-state index is 0.570. The number of halogens is 2. The van der Waals surface area contributed by atoms with Crippen molar-refractivity contribution in [2.45, 2.75) is 6.92 Å². The number of nitrogens with zero attached hydrogens (tertiary/aromatic N) is 1. The van der Waals surface area contributed by atoms with Gasteiger partial charge in [-0.25, -0.2) is 0 Å². The molecule has 0 N–H and O–H groups in total. The Hall–Kier alpha value is -1.30. The molecule has 0 spiro atoms. The van der Waals surface area contributed by atoms with Gasteiger partial charge in [0, 0.05) is 20.6 Å². The second-order valence-corrected chi connectivity index (χ2v) is 4.96. The molecule has 2 aromatic rings. The molecule has 0 unspecified atom stereocenters. The molecule has 1 nitrogen and oxygen atoms in total. The summed E-state index contributed by atoms with van der Waals surface area (Å²) >= 11 is 9.53. The van der Waals surface area contributed by atoms with Gasteiger partial charge in [0.1, 0.15) is 0 Å². The van der Waals surface area contributed by atoms with Crippen LogP contribution < -0.4 is 0 Å². The fourth-order valence-corrected chi connectivity index (χ4v) is 2.19. The van der Waals surface area contributed by atoms with Crippen LogP contribution in [0.15, 0.2) is 34.8 Å². The summed E-state index contributed by atoms with van der Waals surface area (Å²) in [5.74, 6) is 0. The number of nitriles is 1. The molecule has 0 saturated heterocycles. The highest BCUT2D eigenvalue weighted by atomic mass is 79.9. The zero-order valence-corrected chi connectivity index (χ0v) is 11.4. The molecule has 0 aliphatic rings. The maximum Gasteiger partial charge on any atom is 0.0998 e. The van der Waals surface area contributed by atoms with E-state index in [0.717, 1.165) is 21.2 Å². The number of aryl methyl sites for hydroxylation is 1. The van der Waals surface area contributed by atoms with Crippen LogP contribution in [0, 0.1) is 24.3 Å². The maximum absolute atomic E-state index is 9.10. The van der Waals surface area contributed by atoms with Crippen LogP contribution in [-0.4, -0.2) is 0 Å². The Morgan fingerprint density at radius 1 is 1.29 bits per heavy atom. The van der Waals surface area contributed by atoms with E-state index in [-0.39, 0.29) is 0 Å². The molecule has 3 heteroatoms. The fourth-order valence-electron chi connectivity index (χ4n) is 1.63. The molecular weight excluding hydrogens is 298 g/mol. The van der Waals surface area contributed by atoms with E-state index < -0.39 is 0 Å². The van der Waals surface area contributed by atoms with Crippen molar-refractivity contribution in [3.05, 3.63) is 57.0 Å². The topological polar surface area (TPSA) is 23.8 Å². The highest BCUT2D eigenvalue weighted by molar-refractivity contribution is 9.10. The third-order valence-corrected chi connectivity index (χ3v) is 3.24. The summed E-state index contributed by atoms with van der Waals surface area (Å²) in [6.07, 6.45) is 0. The van der Waals surface area contributed by atoms with Gasteiger partial charge in [0.15, 0.2) is 0 Å². The Kier molecular flexibility index (Phi) is 3.51. The molecule has 0 heterocycles. The maximum atomic E-state index is 9.10. The minimum atomic E-state index is 0.570. The first-order valence-corrected chi connectivity index (χ1v) is 6.17. The van der Waals surface area contributed by atoms with Crippen molar-refractivity contribution in [1.82, 2.24) is 0 Å². The van der Waals surface area contributed by atoms with Gasteiger partial charge in [-0.3, -0.25) is 0 Å². The van der Waals surface area contributed by atoms with Crippen molar-refractivity contribution in [2.75, 3.05) is 0 Å². The first-order chi connectivity index (χ1) is 8.11. The van der Waals surface area contributed by atoms with Crippen LogP contribution in [0.25, 0.3) is 11.1 Å². The molecular formula is C14H8BrClN. The summed E-state index contributed by atoms with van der Waals surface area (Å²) < 4.78 is 0.809. The van der Waals surface area contributed by atoms with Gasteiger partial charge < -0.3 is 0 Å². The number of rotatable bonds is 1. The Bertz CT molecular complexity index is 614. The zero-order valence-electron chi connectivity index (χ0n) is 9.09. The van der Waals surface area contributed by atoms with Crippen molar-refractivity contribution in [3.8, 4) is 17.2 Å². The quantitative estimate of drug-likeness (QED) is 0.746. The Morgan fingerprint density at radius 2 is 2.06 bits per heavy atom. The summed E-state index contributed by atoms with van der Waals surface area (Å²) in [4.78, 5) is 0. The third-order valence-electron chi connectivity index (χ3n) is 2.45. The zero-order chi connectivity index (χ0) is 12.4. The van der Waals surface area contributed by atoms with Crippen LogP contribution >= 0.6 is 27.5 Å². The van der Waals surface area contributed by atoms with Crippen molar-refractivity contribution in [1.29, 1.82) is 5.26 Å². The van der Waals surface area contributed by atoms with E-state index in [1.165, 1.54) is 0 Å². The highest BCUT2D eigenvalue weighted by Gasteiger charge is 2.09. The van der Waals surface area contributed by atoms with Crippen molar-refractivity contribution < 1.29 is 0 Å². The molecule has 0 aliphatic heterocycles. The second-order valence-electron chi connectivity index (χ2n) is 3.70. The van der Waals surface area contributed by atoms with Crippen LogP contribution in [-0.2, 0) is 0 Å². The number of benzene rings is 2. The Balaban J connectivity index is 2.72. The van der Waals surface area contributed by atoms with Gasteiger partial charge in [-0.15, -0.1) is 0 Å². The van der Waals surface area contributed by atoms with Gasteiger partial charge >= 0.3 is 0 Å². The lowest BCUT2D eigenvalue weighted by Crippen LogP contribution is -1.87. The van der Waals surface area contributed by atoms with Gasteiger partial charge in [-0.2, -0.15) is 5.26 Å². The average Bonchev–Trinajstić information content (AvgIpc) is 2.32. The van der Waals surface area contributed by atoms with E-state index in [9.17, 15) is 0 Å². The summed E-state index contributed by atoms with van der Waals surface area (Å²) in [5, 5.41) is 9.75. The lowest BCUT2D eigenvalue weighted by molar-refractivity contribution is 1.44. The minimum Gasteiger partial charge on any atom is -0.192 e. The predicted molar refractivity (Wildman–Crippen MR) is 72.9 cm³/mol. The van der Waals surface area contributed by atoms with E-state index in [1.54, 1.807) is 6.07 Å². The molecule has 83 valence electrons. The number of hydrogen-bond donors (Lipinski definition) is 0. The van der Waals surface area contributed by atoms with Gasteiger partial charge in [-0.1, -0.05) is 39.2 Å². The first kappa shape index (κ1) is 12.2. The largest absolute Gasteiger partial charge is 0.192 e. The standard InChI is InChI=1S/C14H8BrClN/c1-9-2-5-14(16)13(6-9)12-7-11(15)4-3-10(12)8-17/h2-3,5-7H,1H3. The van der Waals surface area contributed by atoms with Crippen LogP contribution in [0.1, 0.15) is 11.1 Å². The monoisotopic (exact) mass is 304 g/mol. The molecule has 0 atom stereocenters. The molecule has 2 aromatic carbocycles. The van der Waals surface area contributed by atoms with Crippen molar-refractivity contribution in [2.24, 2.45) is 0 Å². The van der Waals surface area contributed by atoms with E-state index >= 15 is 0 Å². The lowest BCUT2D eigenvalue weighted by atomic mass is 9.99. The molecule has 0 aromatic heterocycles. The van der Waals surface area contributed by atoms with Crippen LogP contribution in [0.4, 0.5) is 0 Å². The van der Waals surface area contributed by atoms with Crippen LogP contribution in [0.2, 0.25) is 5.02 Å². The molecule has 2 rings (SSSR count). The molecule has 1 radical (unpaired) electrons. The van der Waals surface area contributed by atoms with E-state index in [1.807, 2.05) is 31.2 Å². The number of hydrogen-bond acceptors (Lipinski definition) is 1. The highest BCUT2D eigenvalue weighted by Crippen LogP contribution is 2.32. The molecule has 0 fully saturated rings. The first-order valence-electron chi connectivity index (χ1n) is 4.99. The van der Waals surface area contributed by atoms with Crippen LogP contribution in [0.3, 0.4) is 0 Å². The molecule has 0 bridgehead atoms. The van der Waals surface area contributed by atoms with Gasteiger partial charge in [0.25, 0.3) is 0 Å². The van der Waals surface area contributed by atoms with Crippen molar-refractivity contribution >= 4 is 27.5 Å². The third kappa shape index (κ3) is 2.52. The summed E-state index contributed by atoms with van der Waals surface area (Å²) in [6, 6.07) is 14.4. The van der Waals surface area contributed by atoms with E-state index in [4.69, 9.17) is 16.9 Å². The SMILES string of the molecule is Cc1ccc(Cl)c(-c2cc(Br)[c]cc2C#N)c1. The van der Waals surface area contributed by atoms with E-state index in [2.05, 4.69) is 28.1 Å². The molecule has 0 saturated carbocycles. The fraction of sp³-hybridized carbons (Fsp3) is 0.0714. The summed E-state index contributed by atoms with van der Waals surface area (Å²) in [6.45, 7) is 2.00. The Morgan fingerprint density at radius 3 is 2.76 bits per heavy atom. The van der Waals surface area contributed by atoms with E-state index in [0.29, 0.717) is 10.6 Å². The second kappa shape index (κ2) is 4.91. The summed E-state index contributed by atoms with van der Waals surface area (Å²) in [5.41, 5.74) is 3.38. The van der Waals surface area contributed by atoms with Gasteiger partial charge in [0.2, 0.25) is 0 Å². The van der Waals surface area contributed by atoms with Crippen molar-refractivity contribution in [3.63, 3.8) is 0 Å². The normalized spacial score (nSPS) is 10.0.